The van der Waals surface area contributed by atoms with Crippen molar-refractivity contribution in [2.75, 3.05) is 0 Å². The van der Waals surface area contributed by atoms with Crippen molar-refractivity contribution in [2.45, 2.75) is 20.0 Å². The maximum absolute atomic E-state index is 11.6. The Bertz CT molecular complexity index is 606. The van der Waals surface area contributed by atoms with E-state index in [-0.39, 0.29) is 18.1 Å². The van der Waals surface area contributed by atoms with Gasteiger partial charge in [-0.3, -0.25) is 4.79 Å². The number of rotatable bonds is 5. The second-order valence-corrected chi connectivity index (χ2v) is 4.68. The van der Waals surface area contributed by atoms with Crippen LogP contribution in [0.25, 0.3) is 0 Å². The van der Waals surface area contributed by atoms with E-state index in [1.165, 1.54) is 22.2 Å². The summed E-state index contributed by atoms with van der Waals surface area (Å²) in [5, 5.41) is 18.4. The Morgan fingerprint density at radius 1 is 1.53 bits per heavy atom. The average Bonchev–Trinajstić information content (AvgIpc) is 2.96. The minimum Gasteiger partial charge on any atom is -0.476 e. The molecule has 2 aromatic heterocycles. The fourth-order valence-electron chi connectivity index (χ4n) is 1.35. The van der Waals surface area contributed by atoms with Crippen LogP contribution in [0, 0.1) is 6.92 Å². The second kappa shape index (κ2) is 5.57. The van der Waals surface area contributed by atoms with E-state index in [4.69, 9.17) is 5.11 Å². The molecule has 1 amide bonds. The number of carboxylic acids is 1. The Balaban J connectivity index is 1.87. The standard InChI is InChI=1S/C10H11N5O3S/c1-6-8(19-5-12-6)2-11-9(16)4-15-3-7(10(17)18)13-14-15/h3,5H,2,4H2,1H3,(H,11,16)(H,17,18). The molecule has 0 spiro atoms. The molecular weight excluding hydrogens is 270 g/mol. The van der Waals surface area contributed by atoms with Gasteiger partial charge in [0.25, 0.3) is 0 Å². The number of hydrogen-bond donors (Lipinski definition) is 2. The SMILES string of the molecule is Cc1ncsc1CNC(=O)Cn1cc(C(=O)O)nn1. The summed E-state index contributed by atoms with van der Waals surface area (Å²) in [7, 11) is 0. The lowest BCUT2D eigenvalue weighted by Gasteiger charge is -2.03. The predicted octanol–water partition coefficient (Wildman–Crippen LogP) is 0.0576. The third-order valence-corrected chi connectivity index (χ3v) is 3.29. The highest BCUT2D eigenvalue weighted by atomic mass is 32.1. The van der Waals surface area contributed by atoms with Gasteiger partial charge in [-0.15, -0.1) is 16.4 Å². The summed E-state index contributed by atoms with van der Waals surface area (Å²) >= 11 is 1.47. The van der Waals surface area contributed by atoms with E-state index < -0.39 is 5.97 Å². The summed E-state index contributed by atoms with van der Waals surface area (Å²) in [5.41, 5.74) is 2.42. The zero-order valence-electron chi connectivity index (χ0n) is 10.0. The quantitative estimate of drug-likeness (QED) is 0.801. The van der Waals surface area contributed by atoms with Crippen LogP contribution in [0.2, 0.25) is 0 Å². The van der Waals surface area contributed by atoms with E-state index in [1.807, 2.05) is 6.92 Å². The maximum Gasteiger partial charge on any atom is 0.358 e. The Kier molecular flexibility index (Phi) is 3.85. The van der Waals surface area contributed by atoms with E-state index in [2.05, 4.69) is 20.6 Å². The third-order valence-electron chi connectivity index (χ3n) is 2.35. The molecule has 19 heavy (non-hydrogen) atoms. The maximum atomic E-state index is 11.6. The van der Waals surface area contributed by atoms with E-state index in [1.54, 1.807) is 5.51 Å². The Morgan fingerprint density at radius 3 is 2.89 bits per heavy atom. The normalized spacial score (nSPS) is 10.4. The Labute approximate surface area is 112 Å². The second-order valence-electron chi connectivity index (χ2n) is 3.74. The molecule has 0 unspecified atom stereocenters. The van der Waals surface area contributed by atoms with Crippen molar-refractivity contribution in [1.82, 2.24) is 25.3 Å². The number of carbonyl (C=O) groups excluding carboxylic acids is 1. The van der Waals surface area contributed by atoms with E-state index in [0.29, 0.717) is 6.54 Å². The van der Waals surface area contributed by atoms with Crippen molar-refractivity contribution in [3.8, 4) is 0 Å². The number of thiazole rings is 1. The summed E-state index contributed by atoms with van der Waals surface area (Å²) in [6, 6.07) is 0. The van der Waals surface area contributed by atoms with Gasteiger partial charge in [0, 0.05) is 4.88 Å². The lowest BCUT2D eigenvalue weighted by molar-refractivity contribution is -0.122. The first-order valence-corrected chi connectivity index (χ1v) is 6.23. The molecule has 2 heterocycles. The number of amides is 1. The minimum atomic E-state index is -1.17. The van der Waals surface area contributed by atoms with Crippen LogP contribution in [0.5, 0.6) is 0 Å². The highest BCUT2D eigenvalue weighted by Gasteiger charge is 2.11. The molecule has 0 radical (unpaired) electrons. The average molecular weight is 281 g/mol. The van der Waals surface area contributed by atoms with Gasteiger partial charge < -0.3 is 10.4 Å². The van der Waals surface area contributed by atoms with Gasteiger partial charge in [0.2, 0.25) is 5.91 Å². The summed E-state index contributed by atoms with van der Waals surface area (Å²) in [6.45, 7) is 2.20. The molecule has 0 bridgehead atoms. The Morgan fingerprint density at radius 2 is 2.32 bits per heavy atom. The molecule has 2 rings (SSSR count). The number of aryl methyl sites for hydroxylation is 1. The molecule has 0 saturated heterocycles. The molecule has 0 aliphatic heterocycles. The van der Waals surface area contributed by atoms with Gasteiger partial charge in [-0.1, -0.05) is 5.21 Å². The molecule has 0 aliphatic carbocycles. The van der Waals surface area contributed by atoms with Gasteiger partial charge in [-0.05, 0) is 6.92 Å². The van der Waals surface area contributed by atoms with Crippen LogP contribution >= 0.6 is 11.3 Å². The highest BCUT2D eigenvalue weighted by molar-refractivity contribution is 7.09. The van der Waals surface area contributed by atoms with Crippen LogP contribution in [0.15, 0.2) is 11.7 Å². The highest BCUT2D eigenvalue weighted by Crippen LogP contribution is 2.10. The predicted molar refractivity (Wildman–Crippen MR) is 65.7 cm³/mol. The van der Waals surface area contributed by atoms with Crippen molar-refractivity contribution in [2.24, 2.45) is 0 Å². The molecule has 0 fully saturated rings. The number of nitrogens with zero attached hydrogens (tertiary/aromatic N) is 4. The van der Waals surface area contributed by atoms with E-state index >= 15 is 0 Å². The smallest absolute Gasteiger partial charge is 0.358 e. The number of carboxylic acid groups (broad SMARTS) is 1. The number of hydrogen-bond acceptors (Lipinski definition) is 6. The summed E-state index contributed by atoms with van der Waals surface area (Å²) in [5.74, 6) is -1.44. The molecule has 2 N–H and O–H groups in total. The van der Waals surface area contributed by atoms with Gasteiger partial charge in [0.05, 0.1) is 23.9 Å². The van der Waals surface area contributed by atoms with Crippen molar-refractivity contribution < 1.29 is 14.7 Å². The van der Waals surface area contributed by atoms with Crippen molar-refractivity contribution in [3.63, 3.8) is 0 Å². The zero-order chi connectivity index (χ0) is 13.8. The largest absolute Gasteiger partial charge is 0.476 e. The van der Waals surface area contributed by atoms with Crippen molar-refractivity contribution in [1.29, 1.82) is 0 Å². The molecule has 2 aromatic rings. The lowest BCUT2D eigenvalue weighted by Crippen LogP contribution is -2.27. The van der Waals surface area contributed by atoms with Gasteiger partial charge in [0.15, 0.2) is 5.69 Å². The van der Waals surface area contributed by atoms with Crippen molar-refractivity contribution >= 4 is 23.2 Å². The van der Waals surface area contributed by atoms with Gasteiger partial charge in [-0.2, -0.15) is 0 Å². The van der Waals surface area contributed by atoms with Crippen LogP contribution < -0.4 is 5.32 Å². The number of carbonyl (C=O) groups is 2. The summed E-state index contributed by atoms with van der Waals surface area (Å²) in [4.78, 5) is 27.3. The fraction of sp³-hybridized carbons (Fsp3) is 0.300. The van der Waals surface area contributed by atoms with E-state index in [0.717, 1.165) is 10.6 Å². The topological polar surface area (TPSA) is 110 Å². The molecular formula is C10H11N5O3S. The monoisotopic (exact) mass is 281 g/mol. The number of aromatic nitrogens is 4. The molecule has 0 atom stereocenters. The van der Waals surface area contributed by atoms with Crippen LogP contribution in [-0.2, 0) is 17.9 Å². The fourth-order valence-corrected chi connectivity index (χ4v) is 2.07. The first-order valence-electron chi connectivity index (χ1n) is 5.35. The summed E-state index contributed by atoms with van der Waals surface area (Å²) in [6.07, 6.45) is 1.21. The first-order chi connectivity index (χ1) is 9.06. The van der Waals surface area contributed by atoms with Gasteiger partial charge >= 0.3 is 5.97 Å². The van der Waals surface area contributed by atoms with Crippen LogP contribution in [-0.4, -0.2) is 37.0 Å². The Hall–Kier alpha value is -2.29. The van der Waals surface area contributed by atoms with Gasteiger partial charge in [-0.25, -0.2) is 14.5 Å². The van der Waals surface area contributed by atoms with Crippen LogP contribution in [0.4, 0.5) is 0 Å². The molecule has 8 nitrogen and oxygen atoms in total. The lowest BCUT2D eigenvalue weighted by atomic mass is 10.4. The summed E-state index contributed by atoms with van der Waals surface area (Å²) < 4.78 is 1.18. The molecule has 0 saturated carbocycles. The molecule has 0 aliphatic rings. The van der Waals surface area contributed by atoms with Gasteiger partial charge in [0.1, 0.15) is 6.54 Å². The zero-order valence-corrected chi connectivity index (χ0v) is 10.8. The molecule has 100 valence electrons. The molecule has 9 heteroatoms. The van der Waals surface area contributed by atoms with Crippen LogP contribution in [0.3, 0.4) is 0 Å². The number of aromatic carboxylic acids is 1. The van der Waals surface area contributed by atoms with Crippen LogP contribution in [0.1, 0.15) is 21.1 Å². The first kappa shape index (κ1) is 13.1. The minimum absolute atomic E-state index is 0.0713. The third kappa shape index (κ3) is 3.35. The van der Waals surface area contributed by atoms with Crippen molar-refractivity contribution in [3.05, 3.63) is 28.0 Å². The number of nitrogens with one attached hydrogen (secondary N) is 1. The van der Waals surface area contributed by atoms with E-state index in [9.17, 15) is 9.59 Å². The molecule has 0 aromatic carbocycles.